The Bertz CT molecular complexity index is 948. The average Bonchev–Trinajstić information content (AvgIpc) is 2.64. The highest BCUT2D eigenvalue weighted by Gasteiger charge is 2.12. The molecular weight excluding hydrogens is 318 g/mol. The molecule has 0 radical (unpaired) electrons. The van der Waals surface area contributed by atoms with Gasteiger partial charge in [0.1, 0.15) is 12.3 Å². The van der Waals surface area contributed by atoms with Crippen molar-refractivity contribution in [2.24, 2.45) is 0 Å². The summed E-state index contributed by atoms with van der Waals surface area (Å²) in [6.07, 6.45) is 1.41. The van der Waals surface area contributed by atoms with Gasteiger partial charge >= 0.3 is 0 Å². The van der Waals surface area contributed by atoms with Crippen LogP contribution in [-0.2, 0) is 11.3 Å². The van der Waals surface area contributed by atoms with Crippen LogP contribution in [0.2, 0.25) is 0 Å². The Balaban J connectivity index is 1.71. The van der Waals surface area contributed by atoms with Crippen LogP contribution < -0.4 is 15.6 Å². The number of hydrogen-bond acceptors (Lipinski definition) is 4. The summed E-state index contributed by atoms with van der Waals surface area (Å²) in [5.41, 5.74) is 1.35. The SMILES string of the molecule is COc1ccc([C@@H](C)NC(=O)Cn2cnc3ccccc3c2=O)cc1. The Morgan fingerprint density at radius 2 is 1.92 bits per heavy atom. The summed E-state index contributed by atoms with van der Waals surface area (Å²) in [7, 11) is 1.61. The lowest BCUT2D eigenvalue weighted by atomic mass is 10.1. The molecular formula is C19H19N3O3. The molecule has 0 bridgehead atoms. The number of aromatic nitrogens is 2. The van der Waals surface area contributed by atoms with E-state index in [-0.39, 0.29) is 24.1 Å². The molecule has 0 fully saturated rings. The second-order valence-electron chi connectivity index (χ2n) is 5.76. The van der Waals surface area contributed by atoms with E-state index in [2.05, 4.69) is 10.3 Å². The molecule has 1 atom stereocenters. The Labute approximate surface area is 145 Å². The second-order valence-corrected chi connectivity index (χ2v) is 5.76. The zero-order valence-corrected chi connectivity index (χ0v) is 14.1. The average molecular weight is 337 g/mol. The van der Waals surface area contributed by atoms with Gasteiger partial charge in [0.2, 0.25) is 5.91 Å². The van der Waals surface area contributed by atoms with Gasteiger partial charge in [-0.2, -0.15) is 0 Å². The van der Waals surface area contributed by atoms with Crippen LogP contribution in [0, 0.1) is 0 Å². The summed E-state index contributed by atoms with van der Waals surface area (Å²) in [6, 6.07) is 14.4. The van der Waals surface area contributed by atoms with Crippen molar-refractivity contribution >= 4 is 16.8 Å². The highest BCUT2D eigenvalue weighted by Crippen LogP contribution is 2.17. The molecule has 6 heteroatoms. The topological polar surface area (TPSA) is 73.2 Å². The lowest BCUT2D eigenvalue weighted by molar-refractivity contribution is -0.122. The van der Waals surface area contributed by atoms with Crippen LogP contribution >= 0.6 is 0 Å². The molecule has 0 aliphatic rings. The smallest absolute Gasteiger partial charge is 0.261 e. The van der Waals surface area contributed by atoms with E-state index in [1.54, 1.807) is 25.3 Å². The standard InChI is InChI=1S/C19H19N3O3/c1-13(14-7-9-15(25-2)10-8-14)21-18(23)11-22-12-20-17-6-4-3-5-16(17)19(22)24/h3-10,12-13H,11H2,1-2H3,(H,21,23)/t13-/m1/s1. The van der Waals surface area contributed by atoms with Crippen molar-refractivity contribution in [3.05, 3.63) is 70.8 Å². The number of ether oxygens (including phenoxy) is 1. The monoisotopic (exact) mass is 337 g/mol. The van der Waals surface area contributed by atoms with Gasteiger partial charge in [0.05, 0.1) is 30.4 Å². The minimum Gasteiger partial charge on any atom is -0.497 e. The highest BCUT2D eigenvalue weighted by molar-refractivity contribution is 5.79. The van der Waals surface area contributed by atoms with E-state index >= 15 is 0 Å². The fourth-order valence-electron chi connectivity index (χ4n) is 2.64. The first kappa shape index (κ1) is 16.7. The Hall–Kier alpha value is -3.15. The normalized spacial score (nSPS) is 11.9. The van der Waals surface area contributed by atoms with Crippen molar-refractivity contribution in [3.63, 3.8) is 0 Å². The number of rotatable bonds is 5. The molecule has 3 rings (SSSR count). The van der Waals surface area contributed by atoms with E-state index in [4.69, 9.17) is 4.74 Å². The number of carbonyl (C=O) groups is 1. The van der Waals surface area contributed by atoms with Crippen LogP contribution in [0.4, 0.5) is 0 Å². The number of amides is 1. The van der Waals surface area contributed by atoms with Gasteiger partial charge in [-0.25, -0.2) is 4.98 Å². The molecule has 128 valence electrons. The van der Waals surface area contributed by atoms with Crippen LogP contribution in [0.15, 0.2) is 59.7 Å². The maximum Gasteiger partial charge on any atom is 0.261 e. The van der Waals surface area contributed by atoms with Crippen LogP contribution in [0.25, 0.3) is 10.9 Å². The number of para-hydroxylation sites is 1. The van der Waals surface area contributed by atoms with Crippen molar-refractivity contribution in [1.29, 1.82) is 0 Å². The Morgan fingerprint density at radius 3 is 2.64 bits per heavy atom. The van der Waals surface area contributed by atoms with E-state index in [1.807, 2.05) is 37.3 Å². The molecule has 0 aliphatic carbocycles. The minimum atomic E-state index is -0.248. The summed E-state index contributed by atoms with van der Waals surface area (Å²) >= 11 is 0. The lowest BCUT2D eigenvalue weighted by Gasteiger charge is -2.15. The van der Waals surface area contributed by atoms with Crippen LogP contribution in [0.5, 0.6) is 5.75 Å². The first-order chi connectivity index (χ1) is 12.1. The predicted molar refractivity (Wildman–Crippen MR) is 95.6 cm³/mol. The molecule has 0 saturated carbocycles. The molecule has 1 amide bonds. The third kappa shape index (κ3) is 3.68. The van der Waals surface area contributed by atoms with Gasteiger partial charge in [-0.15, -0.1) is 0 Å². The number of fused-ring (bicyclic) bond motifs is 1. The van der Waals surface area contributed by atoms with Gasteiger partial charge in [-0.05, 0) is 36.8 Å². The van der Waals surface area contributed by atoms with Gasteiger partial charge in [-0.1, -0.05) is 24.3 Å². The number of benzene rings is 2. The number of nitrogens with zero attached hydrogens (tertiary/aromatic N) is 2. The first-order valence-corrected chi connectivity index (χ1v) is 7.96. The van der Waals surface area contributed by atoms with Crippen LogP contribution in [0.3, 0.4) is 0 Å². The van der Waals surface area contributed by atoms with E-state index < -0.39 is 0 Å². The highest BCUT2D eigenvalue weighted by atomic mass is 16.5. The van der Waals surface area contributed by atoms with Gasteiger partial charge in [0.25, 0.3) is 5.56 Å². The molecule has 1 heterocycles. The van der Waals surface area contributed by atoms with Crippen molar-refractivity contribution in [2.75, 3.05) is 7.11 Å². The molecule has 25 heavy (non-hydrogen) atoms. The third-order valence-electron chi connectivity index (χ3n) is 4.04. The molecule has 1 aromatic heterocycles. The fraction of sp³-hybridized carbons (Fsp3) is 0.211. The molecule has 3 aromatic rings. The van der Waals surface area contributed by atoms with Crippen molar-refractivity contribution in [1.82, 2.24) is 14.9 Å². The molecule has 2 aromatic carbocycles. The van der Waals surface area contributed by atoms with Crippen molar-refractivity contribution in [3.8, 4) is 5.75 Å². The quantitative estimate of drug-likeness (QED) is 0.775. The summed E-state index contributed by atoms with van der Waals surface area (Å²) in [5.74, 6) is 0.513. The van der Waals surface area contributed by atoms with E-state index in [0.29, 0.717) is 10.9 Å². The fourth-order valence-corrected chi connectivity index (χ4v) is 2.64. The summed E-state index contributed by atoms with van der Waals surface area (Å²) in [5, 5.41) is 3.39. The predicted octanol–water partition coefficient (Wildman–Crippen LogP) is 2.28. The van der Waals surface area contributed by atoms with Gasteiger partial charge in [-0.3, -0.25) is 14.2 Å². The number of hydrogen-bond donors (Lipinski definition) is 1. The lowest BCUT2D eigenvalue weighted by Crippen LogP contribution is -2.33. The molecule has 0 unspecified atom stereocenters. The summed E-state index contributed by atoms with van der Waals surface area (Å²) < 4.78 is 6.44. The van der Waals surface area contributed by atoms with Crippen LogP contribution in [-0.4, -0.2) is 22.6 Å². The third-order valence-corrected chi connectivity index (χ3v) is 4.04. The van der Waals surface area contributed by atoms with Gasteiger partial charge in [0, 0.05) is 0 Å². The molecule has 0 saturated heterocycles. The Kier molecular flexibility index (Phi) is 4.79. The van der Waals surface area contributed by atoms with E-state index in [9.17, 15) is 9.59 Å². The maximum atomic E-state index is 12.4. The maximum absolute atomic E-state index is 12.4. The minimum absolute atomic E-state index is 0.0723. The zero-order valence-electron chi connectivity index (χ0n) is 14.1. The van der Waals surface area contributed by atoms with E-state index in [1.165, 1.54) is 10.9 Å². The Morgan fingerprint density at radius 1 is 1.20 bits per heavy atom. The zero-order chi connectivity index (χ0) is 17.8. The number of methoxy groups -OCH3 is 1. The summed E-state index contributed by atoms with van der Waals surface area (Å²) in [4.78, 5) is 28.9. The van der Waals surface area contributed by atoms with Crippen LogP contribution in [0.1, 0.15) is 18.5 Å². The van der Waals surface area contributed by atoms with E-state index in [0.717, 1.165) is 11.3 Å². The number of carbonyl (C=O) groups excluding carboxylic acids is 1. The number of nitrogens with one attached hydrogen (secondary N) is 1. The van der Waals surface area contributed by atoms with Crippen molar-refractivity contribution < 1.29 is 9.53 Å². The molecule has 1 N–H and O–H groups in total. The summed E-state index contributed by atoms with van der Waals surface area (Å²) in [6.45, 7) is 1.82. The molecule has 0 spiro atoms. The largest absolute Gasteiger partial charge is 0.497 e. The van der Waals surface area contributed by atoms with Gasteiger partial charge < -0.3 is 10.1 Å². The van der Waals surface area contributed by atoms with Crippen molar-refractivity contribution in [2.45, 2.75) is 19.5 Å². The molecule has 6 nitrogen and oxygen atoms in total. The molecule has 0 aliphatic heterocycles. The second kappa shape index (κ2) is 7.17. The first-order valence-electron chi connectivity index (χ1n) is 7.96. The van der Waals surface area contributed by atoms with Gasteiger partial charge in [0.15, 0.2) is 0 Å².